The lowest BCUT2D eigenvalue weighted by Gasteiger charge is -2.53. The maximum absolute atomic E-state index is 11.7. The van der Waals surface area contributed by atoms with E-state index in [0.29, 0.717) is 44.8 Å². The summed E-state index contributed by atoms with van der Waals surface area (Å²) in [5, 5.41) is 33.2. The molecule has 6 heterocycles. The predicted molar refractivity (Wildman–Crippen MR) is 192 cm³/mol. The summed E-state index contributed by atoms with van der Waals surface area (Å²) < 4.78 is 68.2. The zero-order valence-corrected chi connectivity index (χ0v) is 33.3. The Kier molecular flexibility index (Phi) is 10.3. The fourth-order valence-corrected chi connectivity index (χ4v) is 12.1. The first-order chi connectivity index (χ1) is 26.3. The molecule has 6 aliphatic heterocycles. The summed E-state index contributed by atoms with van der Waals surface area (Å²) in [6, 6.07) is 0. The number of allylic oxidation sites excluding steroid dienone is 2. The molecule has 1 spiro atoms. The first-order valence-electron chi connectivity index (χ1n) is 20.7. The van der Waals surface area contributed by atoms with Crippen LogP contribution in [0.25, 0.3) is 0 Å². The van der Waals surface area contributed by atoms with Crippen LogP contribution in [0.3, 0.4) is 0 Å². The number of hydrogen-bond donors (Lipinski definition) is 3. The Labute approximate surface area is 324 Å². The van der Waals surface area contributed by atoms with Gasteiger partial charge < -0.3 is 67.4 Å². The van der Waals surface area contributed by atoms with Gasteiger partial charge in [0, 0.05) is 33.5 Å². The van der Waals surface area contributed by atoms with Gasteiger partial charge in [0.25, 0.3) is 0 Å². The molecule has 0 amide bonds. The molecule has 9 rings (SSSR count). The Morgan fingerprint density at radius 1 is 0.764 bits per heavy atom. The monoisotopic (exact) mass is 778 g/mol. The molecule has 55 heavy (non-hydrogen) atoms. The summed E-state index contributed by atoms with van der Waals surface area (Å²) in [6.45, 7) is 11.2. The van der Waals surface area contributed by atoms with Crippen LogP contribution < -0.4 is 0 Å². The van der Waals surface area contributed by atoms with Gasteiger partial charge in [0.15, 0.2) is 24.7 Å². The van der Waals surface area contributed by atoms with Gasteiger partial charge >= 0.3 is 0 Å². The van der Waals surface area contributed by atoms with E-state index >= 15 is 0 Å². The van der Waals surface area contributed by atoms with Crippen LogP contribution >= 0.6 is 0 Å². The van der Waals surface area contributed by atoms with E-state index in [-0.39, 0.29) is 35.4 Å². The van der Waals surface area contributed by atoms with Gasteiger partial charge in [0.2, 0.25) is 0 Å². The SMILES string of the molecule is COC1CC(OC2C(O)CC(OC3C(C)OC(OC4CC5=CCC6=C7OC8COC9(C)OCC7(CCC6C5(C)CC4O)C89)CC3OC)OC2C)OC(C)C1O. The Balaban J connectivity index is 0.814. The molecule has 3 N–H and O–H groups in total. The fourth-order valence-electron chi connectivity index (χ4n) is 12.1. The van der Waals surface area contributed by atoms with Crippen molar-refractivity contribution in [2.24, 2.45) is 22.7 Å². The number of fused-ring (bicyclic) bond motifs is 3. The second kappa shape index (κ2) is 14.5. The molecule has 14 heteroatoms. The van der Waals surface area contributed by atoms with Gasteiger partial charge in [-0.05, 0) is 76.7 Å². The van der Waals surface area contributed by atoms with Crippen LogP contribution in [0.1, 0.15) is 86.0 Å². The molecular formula is C41H62O14. The van der Waals surface area contributed by atoms with Crippen LogP contribution in [0.5, 0.6) is 0 Å². The van der Waals surface area contributed by atoms with Crippen molar-refractivity contribution in [3.63, 3.8) is 0 Å². The van der Waals surface area contributed by atoms with Gasteiger partial charge in [0.05, 0.1) is 73.4 Å². The summed E-state index contributed by atoms with van der Waals surface area (Å²) in [7, 11) is 3.20. The minimum atomic E-state index is -0.876. The minimum Gasteiger partial charge on any atom is -0.491 e. The van der Waals surface area contributed by atoms with Crippen LogP contribution in [-0.4, -0.2) is 141 Å². The normalized spacial score (nSPS) is 54.6. The van der Waals surface area contributed by atoms with Crippen LogP contribution in [-0.2, 0) is 52.1 Å². The maximum Gasteiger partial charge on any atom is 0.173 e. The quantitative estimate of drug-likeness (QED) is 0.308. The molecule has 14 nitrogen and oxygen atoms in total. The molecule has 0 aromatic heterocycles. The summed E-state index contributed by atoms with van der Waals surface area (Å²) in [5.41, 5.74) is 2.46. The Bertz CT molecular complexity index is 1490. The third-order valence-corrected chi connectivity index (χ3v) is 15.0. The molecule has 310 valence electrons. The summed E-state index contributed by atoms with van der Waals surface area (Å²) >= 11 is 0. The predicted octanol–water partition coefficient (Wildman–Crippen LogP) is 3.23. The highest BCUT2D eigenvalue weighted by Crippen LogP contribution is 2.69. The Morgan fingerprint density at radius 2 is 1.44 bits per heavy atom. The van der Waals surface area contributed by atoms with E-state index in [0.717, 1.165) is 25.0 Å². The molecule has 20 atom stereocenters. The van der Waals surface area contributed by atoms with Gasteiger partial charge in [-0.15, -0.1) is 0 Å². The third-order valence-electron chi connectivity index (χ3n) is 15.0. The highest BCUT2D eigenvalue weighted by Gasteiger charge is 2.72. The van der Waals surface area contributed by atoms with Gasteiger partial charge in [-0.3, -0.25) is 0 Å². The van der Waals surface area contributed by atoms with E-state index in [4.69, 9.17) is 52.1 Å². The summed E-state index contributed by atoms with van der Waals surface area (Å²) in [5.74, 6) is 1.14. The lowest BCUT2D eigenvalue weighted by atomic mass is 9.52. The molecule has 0 bridgehead atoms. The number of aliphatic hydroxyl groups is 3. The fraction of sp³-hybridized carbons (Fsp3) is 0.902. The van der Waals surface area contributed by atoms with Crippen molar-refractivity contribution in [1.29, 1.82) is 0 Å². The van der Waals surface area contributed by atoms with Crippen molar-refractivity contribution < 1.29 is 67.4 Å². The lowest BCUT2D eigenvalue weighted by Crippen LogP contribution is -2.57. The largest absolute Gasteiger partial charge is 0.491 e. The molecule has 6 saturated heterocycles. The van der Waals surface area contributed by atoms with Crippen molar-refractivity contribution in [1.82, 2.24) is 0 Å². The molecule has 0 aromatic rings. The average molecular weight is 779 g/mol. The maximum atomic E-state index is 11.7. The second-order valence-electron chi connectivity index (χ2n) is 18.2. The van der Waals surface area contributed by atoms with Crippen molar-refractivity contribution >= 4 is 0 Å². The van der Waals surface area contributed by atoms with Crippen LogP contribution in [0.2, 0.25) is 0 Å². The van der Waals surface area contributed by atoms with E-state index in [1.165, 1.54) is 11.1 Å². The van der Waals surface area contributed by atoms with E-state index in [9.17, 15) is 15.3 Å². The van der Waals surface area contributed by atoms with E-state index in [1.54, 1.807) is 21.1 Å². The second-order valence-corrected chi connectivity index (χ2v) is 18.2. The zero-order valence-electron chi connectivity index (χ0n) is 33.3. The number of aliphatic hydroxyl groups excluding tert-OH is 3. The van der Waals surface area contributed by atoms with Gasteiger partial charge in [0.1, 0.15) is 30.2 Å². The highest BCUT2D eigenvalue weighted by atomic mass is 16.7. The summed E-state index contributed by atoms with van der Waals surface area (Å²) in [6.07, 6.45) is -0.465. The van der Waals surface area contributed by atoms with E-state index in [1.807, 2.05) is 13.8 Å². The number of ether oxygens (including phenoxy) is 11. The van der Waals surface area contributed by atoms with Crippen LogP contribution in [0, 0.1) is 22.7 Å². The van der Waals surface area contributed by atoms with E-state index < -0.39 is 85.7 Å². The van der Waals surface area contributed by atoms with Crippen molar-refractivity contribution in [3.8, 4) is 0 Å². The van der Waals surface area contributed by atoms with Crippen molar-refractivity contribution in [2.75, 3.05) is 27.4 Å². The Hall–Kier alpha value is -1.24. The molecule has 7 fully saturated rings. The van der Waals surface area contributed by atoms with Crippen molar-refractivity contribution in [3.05, 3.63) is 23.0 Å². The molecule has 1 saturated carbocycles. The van der Waals surface area contributed by atoms with Crippen molar-refractivity contribution in [2.45, 2.75) is 184 Å². The van der Waals surface area contributed by atoms with E-state index in [2.05, 4.69) is 19.9 Å². The standard InChI is InChI=1S/C41H62O14/c1-19-34(44)28(45-6)14-33(49-19)54-35-20(2)50-31(13-25(35)42)55-36-21(3)51-32(15-29(36)46-7)52-27-12-22-8-9-23-24(39(22,4)16-26(27)43)10-11-41-18-48-40(5)37(41)30(17-47-40)53-38(23)41/h8,19-21,24-37,42-44H,9-18H2,1-7H3. The number of rotatable bonds is 8. The topological polar surface area (TPSA) is 162 Å². The summed E-state index contributed by atoms with van der Waals surface area (Å²) in [4.78, 5) is 0. The molecular weight excluding hydrogens is 716 g/mol. The smallest absolute Gasteiger partial charge is 0.173 e. The van der Waals surface area contributed by atoms with Gasteiger partial charge in [-0.1, -0.05) is 18.6 Å². The molecule has 0 aromatic carbocycles. The molecule has 3 aliphatic carbocycles. The zero-order chi connectivity index (χ0) is 38.6. The highest BCUT2D eigenvalue weighted by molar-refractivity contribution is 5.40. The van der Waals surface area contributed by atoms with Crippen LogP contribution in [0.15, 0.2) is 23.0 Å². The molecule has 9 aliphatic rings. The first kappa shape index (κ1) is 39.2. The number of hydrogen-bond acceptors (Lipinski definition) is 14. The number of methoxy groups -OCH3 is 2. The first-order valence-corrected chi connectivity index (χ1v) is 20.7. The average Bonchev–Trinajstić information content (AvgIpc) is 3.78. The van der Waals surface area contributed by atoms with Gasteiger partial charge in [-0.25, -0.2) is 0 Å². The minimum absolute atomic E-state index is 0.0470. The van der Waals surface area contributed by atoms with Gasteiger partial charge in [-0.2, -0.15) is 0 Å². The third kappa shape index (κ3) is 6.40. The Morgan fingerprint density at radius 3 is 2.18 bits per heavy atom. The van der Waals surface area contributed by atoms with Crippen LogP contribution in [0.4, 0.5) is 0 Å². The lowest BCUT2D eigenvalue weighted by molar-refractivity contribution is -0.338. The molecule has 0 radical (unpaired) electrons. The molecule has 20 unspecified atom stereocenters.